The molecule has 12 nitrogen and oxygen atoms in total. The normalized spacial score (nSPS) is 16.3. The highest BCUT2D eigenvalue weighted by atomic mass is 35.5. The van der Waals surface area contributed by atoms with Gasteiger partial charge in [0.15, 0.2) is 17.6 Å². The fraction of sp³-hybridized carbons (Fsp3) is 0.233. The number of rotatable bonds is 12. The molecule has 1 fully saturated rings. The number of benzene rings is 4. The second kappa shape index (κ2) is 17.8. The van der Waals surface area contributed by atoms with E-state index in [9.17, 15) is 19.2 Å². The molecule has 0 radical (unpaired) electrons. The largest absolute Gasteiger partial charge is 0.485 e. The summed E-state index contributed by atoms with van der Waals surface area (Å²) in [7, 11) is 0. The molecule has 3 heterocycles. The number of carbonyl (C=O) groups is 4. The molecule has 2 aliphatic rings. The summed E-state index contributed by atoms with van der Waals surface area (Å²) in [4.78, 5) is 60.0. The highest BCUT2D eigenvalue weighted by Crippen LogP contribution is 2.43. The Hall–Kier alpha value is -5.47. The molecule has 0 saturated carbocycles. The number of nitrogens with zero attached hydrogens (tertiary/aromatic N) is 3. The SMILES string of the molecule is CC(C)(C)OC(=O)n1cncc1CC(=O)NC1C(=O)N2C(C(=O)OC(c3ccccc3)c3ccccc3)=C(COc3cc(Cl)ccc3Oc3ccc(Cl)cc3Cl)CS[C@@H]12. The zero-order valence-corrected chi connectivity index (χ0v) is 35.0. The summed E-state index contributed by atoms with van der Waals surface area (Å²) in [6.07, 6.45) is 0.883. The molecule has 4 aromatic carbocycles. The van der Waals surface area contributed by atoms with Gasteiger partial charge in [0, 0.05) is 33.6 Å². The van der Waals surface area contributed by atoms with E-state index in [0.29, 0.717) is 21.4 Å². The zero-order chi connectivity index (χ0) is 41.8. The summed E-state index contributed by atoms with van der Waals surface area (Å²) in [5.41, 5.74) is 1.39. The van der Waals surface area contributed by atoms with Gasteiger partial charge in [0.25, 0.3) is 5.91 Å². The van der Waals surface area contributed by atoms with Crippen molar-refractivity contribution in [1.82, 2.24) is 19.8 Å². The van der Waals surface area contributed by atoms with Crippen LogP contribution >= 0.6 is 46.6 Å². The molecule has 2 aliphatic heterocycles. The minimum atomic E-state index is -0.980. The van der Waals surface area contributed by atoms with Crippen molar-refractivity contribution in [2.75, 3.05) is 12.4 Å². The summed E-state index contributed by atoms with van der Waals surface area (Å²) in [5, 5.41) is 3.20. The molecule has 304 valence electrons. The third kappa shape index (κ3) is 9.71. The van der Waals surface area contributed by atoms with Crippen LogP contribution in [-0.4, -0.2) is 67.7 Å². The van der Waals surface area contributed by atoms with E-state index in [1.165, 1.54) is 29.2 Å². The van der Waals surface area contributed by atoms with Crippen molar-refractivity contribution >= 4 is 70.4 Å². The minimum Gasteiger partial charge on any atom is -0.485 e. The molecule has 16 heteroatoms. The highest BCUT2D eigenvalue weighted by molar-refractivity contribution is 8.00. The Morgan fingerprint density at radius 3 is 2.17 bits per heavy atom. The first-order chi connectivity index (χ1) is 28.3. The summed E-state index contributed by atoms with van der Waals surface area (Å²) >= 11 is 20.2. The molecule has 59 heavy (non-hydrogen) atoms. The molecule has 7 rings (SSSR count). The third-order valence-corrected chi connectivity index (χ3v) is 11.2. The van der Waals surface area contributed by atoms with Crippen LogP contribution in [0, 0.1) is 0 Å². The maximum absolute atomic E-state index is 14.5. The van der Waals surface area contributed by atoms with Crippen LogP contribution in [0.3, 0.4) is 0 Å². The van der Waals surface area contributed by atoms with Crippen LogP contribution in [0.1, 0.15) is 43.7 Å². The van der Waals surface area contributed by atoms with E-state index in [2.05, 4.69) is 10.3 Å². The molecule has 1 saturated heterocycles. The van der Waals surface area contributed by atoms with E-state index in [1.807, 2.05) is 60.7 Å². The molecule has 5 aromatic rings. The molecular weight excluding hydrogens is 839 g/mol. The Morgan fingerprint density at radius 1 is 0.881 bits per heavy atom. The topological polar surface area (TPSA) is 138 Å². The number of hydrogen-bond donors (Lipinski definition) is 1. The predicted octanol–water partition coefficient (Wildman–Crippen LogP) is 9.03. The van der Waals surface area contributed by atoms with Gasteiger partial charge in [0.2, 0.25) is 5.91 Å². The number of imidazole rings is 1. The number of halogens is 3. The second-order valence-corrected chi connectivity index (χ2v) is 16.9. The van der Waals surface area contributed by atoms with Crippen molar-refractivity contribution < 1.29 is 38.1 Å². The highest BCUT2D eigenvalue weighted by Gasteiger charge is 2.54. The van der Waals surface area contributed by atoms with Crippen molar-refractivity contribution in [1.29, 1.82) is 0 Å². The number of aromatic nitrogens is 2. The average molecular weight is 876 g/mol. The quantitative estimate of drug-likeness (QED) is 0.0955. The van der Waals surface area contributed by atoms with E-state index in [4.69, 9.17) is 53.8 Å². The monoisotopic (exact) mass is 874 g/mol. The first-order valence-corrected chi connectivity index (χ1v) is 20.5. The number of hydrogen-bond acceptors (Lipinski definition) is 10. The molecule has 1 aromatic heterocycles. The fourth-order valence-electron chi connectivity index (χ4n) is 6.37. The Bertz CT molecular complexity index is 2380. The van der Waals surface area contributed by atoms with Gasteiger partial charge in [-0.05, 0) is 62.2 Å². The lowest BCUT2D eigenvalue weighted by molar-refractivity contribution is -0.154. The molecular formula is C43H37Cl3N4O8S. The molecule has 1 unspecified atom stereocenters. The lowest BCUT2D eigenvalue weighted by Crippen LogP contribution is -2.70. The second-order valence-electron chi connectivity index (χ2n) is 14.5. The number of nitrogens with one attached hydrogen (secondary N) is 1. The minimum absolute atomic E-state index is 0.00523. The fourth-order valence-corrected chi connectivity index (χ4v) is 8.30. The number of ether oxygens (including phenoxy) is 4. The van der Waals surface area contributed by atoms with Gasteiger partial charge in [-0.3, -0.25) is 14.5 Å². The van der Waals surface area contributed by atoms with E-state index in [1.54, 1.807) is 57.2 Å². The summed E-state index contributed by atoms with van der Waals surface area (Å²) in [6, 6.07) is 27.2. The van der Waals surface area contributed by atoms with Gasteiger partial charge in [-0.2, -0.15) is 0 Å². The van der Waals surface area contributed by atoms with Crippen LogP contribution in [0.25, 0.3) is 0 Å². The van der Waals surface area contributed by atoms with Gasteiger partial charge in [-0.25, -0.2) is 19.1 Å². The van der Waals surface area contributed by atoms with Gasteiger partial charge in [0.05, 0.1) is 17.1 Å². The number of esters is 1. The average Bonchev–Trinajstić information content (AvgIpc) is 3.67. The van der Waals surface area contributed by atoms with Crippen LogP contribution < -0.4 is 14.8 Å². The van der Waals surface area contributed by atoms with Crippen LogP contribution in [0.5, 0.6) is 17.2 Å². The number of amides is 2. The van der Waals surface area contributed by atoms with E-state index < -0.39 is 47.0 Å². The smallest absolute Gasteiger partial charge is 0.420 e. The van der Waals surface area contributed by atoms with Crippen molar-refractivity contribution in [3.05, 3.63) is 153 Å². The first kappa shape index (κ1) is 41.7. The predicted molar refractivity (Wildman–Crippen MR) is 224 cm³/mol. The van der Waals surface area contributed by atoms with Crippen molar-refractivity contribution in [3.63, 3.8) is 0 Å². The van der Waals surface area contributed by atoms with E-state index in [0.717, 1.165) is 15.7 Å². The van der Waals surface area contributed by atoms with Crippen LogP contribution in [0.15, 0.2) is 121 Å². The zero-order valence-electron chi connectivity index (χ0n) is 31.9. The van der Waals surface area contributed by atoms with Crippen molar-refractivity contribution in [2.24, 2.45) is 0 Å². The van der Waals surface area contributed by atoms with Crippen LogP contribution in [-0.2, 0) is 30.3 Å². The van der Waals surface area contributed by atoms with Gasteiger partial charge < -0.3 is 24.3 Å². The van der Waals surface area contributed by atoms with Gasteiger partial charge in [0.1, 0.15) is 41.4 Å². The summed E-state index contributed by atoms with van der Waals surface area (Å²) in [6.45, 7) is 5.02. The van der Waals surface area contributed by atoms with E-state index >= 15 is 0 Å². The number of fused-ring (bicyclic) bond motifs is 1. The lowest BCUT2D eigenvalue weighted by Gasteiger charge is -2.49. The standard InChI is InChI=1S/C43H37Cl3N4O8S/c1-43(2,3)58-42(54)49-24-47-21-30(49)20-35(51)48-36-39(52)50-37(41(53)57-38(25-10-6-4-7-11-25)26-12-8-5-9-13-26)27(23-59-40(36)50)22-55-34-19-29(45)15-17-33(34)56-32-16-14-28(44)18-31(32)46/h4-19,21,24,36,38,40H,20,22-23H2,1-3H3,(H,48,51)/t36?,40-/m0/s1. The van der Waals surface area contributed by atoms with Crippen molar-refractivity contribution in [3.8, 4) is 17.2 Å². The number of β-lactam (4-membered cyclic amide) rings is 1. The Balaban J connectivity index is 1.16. The van der Waals surface area contributed by atoms with Crippen molar-refractivity contribution in [2.45, 2.75) is 50.3 Å². The summed E-state index contributed by atoms with van der Waals surface area (Å²) in [5.74, 6) is -0.732. The number of thioether (sulfide) groups is 1. The van der Waals surface area contributed by atoms with Gasteiger partial charge >= 0.3 is 12.1 Å². The lowest BCUT2D eigenvalue weighted by atomic mass is 10.0. The Morgan fingerprint density at radius 2 is 1.53 bits per heavy atom. The van der Waals surface area contributed by atoms with Gasteiger partial charge in [-0.1, -0.05) is 95.5 Å². The molecule has 2 atom stereocenters. The molecule has 1 N–H and O–H groups in total. The number of carbonyl (C=O) groups excluding carboxylic acids is 4. The van der Waals surface area contributed by atoms with Gasteiger partial charge in [-0.15, -0.1) is 11.8 Å². The molecule has 2 amide bonds. The molecule has 0 aliphatic carbocycles. The Kier molecular flexibility index (Phi) is 12.6. The maximum Gasteiger partial charge on any atom is 0.420 e. The van der Waals surface area contributed by atoms with Crippen LogP contribution in [0.4, 0.5) is 4.79 Å². The maximum atomic E-state index is 14.5. The summed E-state index contributed by atoms with van der Waals surface area (Å²) < 4.78 is 25.2. The third-order valence-electron chi connectivity index (χ3n) is 9.06. The molecule has 0 bridgehead atoms. The van der Waals surface area contributed by atoms with E-state index in [-0.39, 0.29) is 46.7 Å². The van der Waals surface area contributed by atoms with Crippen LogP contribution in [0.2, 0.25) is 15.1 Å². The Labute approximate surface area is 359 Å². The molecule has 0 spiro atoms. The first-order valence-electron chi connectivity index (χ1n) is 18.3.